The number of aliphatic hydroxyl groups excluding tert-OH is 1. The standard InChI is InChI=1S/C12H11NO2S2.C5H12O/c14-17(15,10-6-2-1-3-7-10)13-11-8-4-5-9-12(11)16;1-3-5(6)4-2/h1-8,13H,9H2;5-6H,3-4H2,1-2H3. The number of aliphatic hydroxyl groups is 1. The van der Waals surface area contributed by atoms with Crippen molar-refractivity contribution < 1.29 is 13.5 Å². The summed E-state index contributed by atoms with van der Waals surface area (Å²) in [5, 5.41) is 8.67. The molecular formula is C17H23NO3S2. The number of benzene rings is 1. The van der Waals surface area contributed by atoms with E-state index in [0.29, 0.717) is 17.0 Å². The highest BCUT2D eigenvalue weighted by molar-refractivity contribution is 7.89. The van der Waals surface area contributed by atoms with Gasteiger partial charge in [-0.3, -0.25) is 4.72 Å². The maximum atomic E-state index is 12.0. The van der Waals surface area contributed by atoms with Crippen molar-refractivity contribution in [3.05, 3.63) is 54.3 Å². The molecule has 2 N–H and O–H groups in total. The molecule has 0 spiro atoms. The average Bonchev–Trinajstić information content (AvgIpc) is 2.57. The van der Waals surface area contributed by atoms with Crippen LogP contribution in [0.15, 0.2) is 59.2 Å². The summed E-state index contributed by atoms with van der Waals surface area (Å²) in [6, 6.07) is 8.23. The van der Waals surface area contributed by atoms with E-state index in [2.05, 4.69) is 4.72 Å². The van der Waals surface area contributed by atoms with E-state index >= 15 is 0 Å². The monoisotopic (exact) mass is 353 g/mol. The van der Waals surface area contributed by atoms with Crippen LogP contribution in [0.3, 0.4) is 0 Å². The second kappa shape index (κ2) is 9.60. The Bertz CT molecular complexity index is 660. The van der Waals surface area contributed by atoms with Gasteiger partial charge in [-0.2, -0.15) is 0 Å². The van der Waals surface area contributed by atoms with Gasteiger partial charge in [0, 0.05) is 11.3 Å². The third-order valence-corrected chi connectivity index (χ3v) is 5.01. The highest BCUT2D eigenvalue weighted by Gasteiger charge is 2.17. The molecule has 1 aromatic rings. The van der Waals surface area contributed by atoms with E-state index in [1.807, 2.05) is 19.9 Å². The molecule has 0 aliphatic heterocycles. The van der Waals surface area contributed by atoms with Crippen LogP contribution in [0.25, 0.3) is 0 Å². The van der Waals surface area contributed by atoms with Crippen LogP contribution < -0.4 is 4.72 Å². The van der Waals surface area contributed by atoms with Gasteiger partial charge in [0.1, 0.15) is 0 Å². The number of hydrogen-bond donors (Lipinski definition) is 2. The molecule has 0 bridgehead atoms. The van der Waals surface area contributed by atoms with Crippen LogP contribution >= 0.6 is 12.2 Å². The van der Waals surface area contributed by atoms with Crippen LogP contribution in [0.2, 0.25) is 0 Å². The zero-order valence-electron chi connectivity index (χ0n) is 13.4. The fourth-order valence-electron chi connectivity index (χ4n) is 1.73. The van der Waals surface area contributed by atoms with Crippen LogP contribution in [0.4, 0.5) is 0 Å². The molecule has 4 nitrogen and oxygen atoms in total. The topological polar surface area (TPSA) is 66.4 Å². The van der Waals surface area contributed by atoms with Crippen molar-refractivity contribution in [2.45, 2.75) is 44.1 Å². The molecular weight excluding hydrogens is 330 g/mol. The summed E-state index contributed by atoms with van der Waals surface area (Å²) in [7, 11) is -3.53. The lowest BCUT2D eigenvalue weighted by Gasteiger charge is -2.13. The lowest BCUT2D eigenvalue weighted by molar-refractivity contribution is 0.166. The summed E-state index contributed by atoms with van der Waals surface area (Å²) < 4.78 is 26.5. The first-order chi connectivity index (χ1) is 10.9. The summed E-state index contributed by atoms with van der Waals surface area (Å²) in [6.07, 6.45) is 7.66. The van der Waals surface area contributed by atoms with Crippen LogP contribution in [0.1, 0.15) is 33.1 Å². The molecule has 0 radical (unpaired) electrons. The summed E-state index contributed by atoms with van der Waals surface area (Å²) in [4.78, 5) is 0.838. The minimum atomic E-state index is -3.53. The molecule has 0 atom stereocenters. The number of rotatable bonds is 5. The SMILES string of the molecule is CCC(O)CC.O=S(=O)(NC1=CC=CCC1=S)c1ccccc1. The van der Waals surface area contributed by atoms with Crippen molar-refractivity contribution in [1.29, 1.82) is 0 Å². The largest absolute Gasteiger partial charge is 0.393 e. The Hall–Kier alpha value is -1.50. The first-order valence-electron chi connectivity index (χ1n) is 7.56. The lowest BCUT2D eigenvalue weighted by atomic mass is 10.1. The molecule has 0 aromatic heterocycles. The van der Waals surface area contributed by atoms with Crippen molar-refractivity contribution in [2.24, 2.45) is 0 Å². The van der Waals surface area contributed by atoms with E-state index in [0.717, 1.165) is 12.8 Å². The van der Waals surface area contributed by atoms with Crippen molar-refractivity contribution in [1.82, 2.24) is 4.72 Å². The lowest BCUT2D eigenvalue weighted by Crippen LogP contribution is -2.27. The zero-order valence-corrected chi connectivity index (χ0v) is 15.0. The Kier molecular flexibility index (Phi) is 8.16. The van der Waals surface area contributed by atoms with Gasteiger partial charge >= 0.3 is 0 Å². The highest BCUT2D eigenvalue weighted by Crippen LogP contribution is 2.13. The molecule has 0 fully saturated rings. The molecule has 0 saturated carbocycles. The Morgan fingerprint density at radius 2 is 1.83 bits per heavy atom. The predicted octanol–water partition coefficient (Wildman–Crippen LogP) is 3.35. The molecule has 0 saturated heterocycles. The quantitative estimate of drug-likeness (QED) is 0.797. The Morgan fingerprint density at radius 3 is 2.30 bits per heavy atom. The summed E-state index contributed by atoms with van der Waals surface area (Å²) in [5.74, 6) is 0. The molecule has 0 heterocycles. The van der Waals surface area contributed by atoms with Gasteiger partial charge in [0.15, 0.2) is 0 Å². The summed E-state index contributed by atoms with van der Waals surface area (Å²) >= 11 is 5.10. The number of hydrogen-bond acceptors (Lipinski definition) is 4. The Balaban J connectivity index is 0.000000379. The number of nitrogens with one attached hydrogen (secondary N) is 1. The molecule has 1 aliphatic carbocycles. The van der Waals surface area contributed by atoms with Gasteiger partial charge in [-0.1, -0.05) is 56.4 Å². The third-order valence-electron chi connectivity index (χ3n) is 3.24. The first-order valence-corrected chi connectivity index (χ1v) is 9.45. The first kappa shape index (κ1) is 19.5. The smallest absolute Gasteiger partial charge is 0.261 e. The fraction of sp³-hybridized carbons (Fsp3) is 0.353. The van der Waals surface area contributed by atoms with Crippen molar-refractivity contribution in [2.75, 3.05) is 0 Å². The Labute approximate surface area is 144 Å². The van der Waals surface area contributed by atoms with Crippen LogP contribution in [0.5, 0.6) is 0 Å². The van der Waals surface area contributed by atoms with Gasteiger partial charge < -0.3 is 5.11 Å². The molecule has 6 heteroatoms. The Morgan fingerprint density at radius 1 is 1.22 bits per heavy atom. The van der Waals surface area contributed by atoms with Gasteiger partial charge in [0.25, 0.3) is 10.0 Å². The second-order valence-electron chi connectivity index (χ2n) is 5.02. The molecule has 0 amide bonds. The predicted molar refractivity (Wildman–Crippen MR) is 97.8 cm³/mol. The van der Waals surface area contributed by atoms with Crippen molar-refractivity contribution >= 4 is 27.1 Å². The second-order valence-corrected chi connectivity index (χ2v) is 7.20. The maximum Gasteiger partial charge on any atom is 0.261 e. The van der Waals surface area contributed by atoms with Gasteiger partial charge in [-0.15, -0.1) is 0 Å². The van der Waals surface area contributed by atoms with Gasteiger partial charge in [0.05, 0.1) is 16.7 Å². The van der Waals surface area contributed by atoms with E-state index in [9.17, 15) is 8.42 Å². The number of sulfonamides is 1. The van der Waals surface area contributed by atoms with Gasteiger partial charge in [-0.25, -0.2) is 8.42 Å². The molecule has 126 valence electrons. The minimum Gasteiger partial charge on any atom is -0.393 e. The van der Waals surface area contributed by atoms with E-state index in [1.54, 1.807) is 42.5 Å². The normalized spacial score (nSPS) is 14.1. The molecule has 2 rings (SSSR count). The number of allylic oxidation sites excluding steroid dienone is 4. The number of thiocarbonyl (C=S) groups is 1. The maximum absolute atomic E-state index is 12.0. The van der Waals surface area contributed by atoms with Crippen molar-refractivity contribution in [3.63, 3.8) is 0 Å². The fourth-order valence-corrected chi connectivity index (χ4v) is 3.12. The van der Waals surface area contributed by atoms with E-state index in [-0.39, 0.29) is 11.0 Å². The van der Waals surface area contributed by atoms with E-state index in [1.165, 1.54) is 0 Å². The minimum absolute atomic E-state index is 0.0648. The van der Waals surface area contributed by atoms with E-state index in [4.69, 9.17) is 17.3 Å². The van der Waals surface area contributed by atoms with Crippen LogP contribution in [-0.4, -0.2) is 24.5 Å². The van der Waals surface area contributed by atoms with Crippen LogP contribution in [-0.2, 0) is 10.0 Å². The summed E-state index contributed by atoms with van der Waals surface area (Å²) in [5.41, 5.74) is 0.478. The average molecular weight is 354 g/mol. The molecule has 23 heavy (non-hydrogen) atoms. The zero-order chi connectivity index (χ0) is 17.3. The van der Waals surface area contributed by atoms with Crippen molar-refractivity contribution in [3.8, 4) is 0 Å². The molecule has 0 unspecified atom stereocenters. The van der Waals surface area contributed by atoms with E-state index < -0.39 is 10.0 Å². The van der Waals surface area contributed by atoms with Gasteiger partial charge in [0.2, 0.25) is 0 Å². The summed E-state index contributed by atoms with van der Waals surface area (Å²) in [6.45, 7) is 3.96. The highest BCUT2D eigenvalue weighted by atomic mass is 32.2. The third kappa shape index (κ3) is 6.64. The molecule has 1 aliphatic rings. The van der Waals surface area contributed by atoms with Crippen LogP contribution in [0, 0.1) is 0 Å². The molecule has 1 aromatic carbocycles. The van der Waals surface area contributed by atoms with Gasteiger partial charge in [-0.05, 0) is 31.1 Å².